The number of nitrogen functional groups attached to an aromatic ring is 2. The monoisotopic (exact) mass is 390 g/mol. The summed E-state index contributed by atoms with van der Waals surface area (Å²) < 4.78 is 0. The third-order valence-corrected chi connectivity index (χ3v) is 5.55. The van der Waals surface area contributed by atoms with E-state index < -0.39 is 0 Å². The average Bonchev–Trinajstić information content (AvgIpc) is 2.55. The fourth-order valence-electron chi connectivity index (χ4n) is 1.99. The summed E-state index contributed by atoms with van der Waals surface area (Å²) in [5.74, 6) is 0.897. The minimum absolute atomic E-state index is 0.306. The summed E-state index contributed by atoms with van der Waals surface area (Å²) in [6, 6.07) is 7.61. The van der Waals surface area contributed by atoms with Crippen molar-refractivity contribution >= 4 is 46.8 Å². The SMILES string of the molecule is Cc1ccc(Sc2ncc(Cl)nc2Sc2ccc(C)nc2N)c(N)n1. The Bertz CT molecular complexity index is 934. The molecule has 3 heterocycles. The van der Waals surface area contributed by atoms with Gasteiger partial charge in [0.1, 0.15) is 26.8 Å². The molecule has 3 rings (SSSR count). The highest BCUT2D eigenvalue weighted by molar-refractivity contribution is 8.02. The summed E-state index contributed by atoms with van der Waals surface area (Å²) in [6.07, 6.45) is 1.50. The molecule has 3 aromatic heterocycles. The highest BCUT2D eigenvalue weighted by atomic mass is 35.5. The maximum absolute atomic E-state index is 6.02. The Morgan fingerprint density at radius 2 is 1.32 bits per heavy atom. The van der Waals surface area contributed by atoms with Crippen molar-refractivity contribution in [3.63, 3.8) is 0 Å². The Morgan fingerprint density at radius 1 is 0.800 bits per heavy atom. The number of halogens is 1. The van der Waals surface area contributed by atoms with Crippen molar-refractivity contribution in [2.75, 3.05) is 11.5 Å². The van der Waals surface area contributed by atoms with Gasteiger partial charge in [-0.05, 0) is 38.1 Å². The lowest BCUT2D eigenvalue weighted by Gasteiger charge is -2.10. The molecule has 0 aliphatic heterocycles. The van der Waals surface area contributed by atoms with Gasteiger partial charge in [0.25, 0.3) is 0 Å². The van der Waals surface area contributed by atoms with E-state index in [1.165, 1.54) is 29.7 Å². The molecule has 0 spiro atoms. The van der Waals surface area contributed by atoms with Crippen LogP contribution in [0, 0.1) is 13.8 Å². The second-order valence-electron chi connectivity index (χ2n) is 5.18. The molecule has 0 saturated heterocycles. The molecule has 0 amide bonds. The van der Waals surface area contributed by atoms with Crippen LogP contribution >= 0.6 is 35.1 Å². The van der Waals surface area contributed by atoms with E-state index in [9.17, 15) is 0 Å². The quantitative estimate of drug-likeness (QED) is 0.688. The number of hydrogen-bond acceptors (Lipinski definition) is 8. The Kier molecular flexibility index (Phi) is 5.31. The van der Waals surface area contributed by atoms with E-state index in [0.717, 1.165) is 21.2 Å². The number of nitrogens with zero attached hydrogens (tertiary/aromatic N) is 4. The number of anilines is 2. The van der Waals surface area contributed by atoms with Gasteiger partial charge in [-0.1, -0.05) is 35.1 Å². The Balaban J connectivity index is 1.95. The summed E-state index contributed by atoms with van der Waals surface area (Å²) in [4.78, 5) is 18.9. The molecular weight excluding hydrogens is 376 g/mol. The Morgan fingerprint density at radius 3 is 1.84 bits per heavy atom. The maximum atomic E-state index is 6.02. The summed E-state index contributed by atoms with van der Waals surface area (Å²) in [5.41, 5.74) is 13.7. The Hall–Kier alpha value is -2.03. The number of aromatic nitrogens is 4. The first-order valence-electron chi connectivity index (χ1n) is 7.27. The van der Waals surface area contributed by atoms with Crippen LogP contribution in [0.2, 0.25) is 5.15 Å². The van der Waals surface area contributed by atoms with Crippen LogP contribution in [0.3, 0.4) is 0 Å². The number of aryl methyl sites for hydroxylation is 2. The first-order chi connectivity index (χ1) is 11.9. The zero-order chi connectivity index (χ0) is 18.0. The van der Waals surface area contributed by atoms with Crippen LogP contribution in [-0.4, -0.2) is 19.9 Å². The van der Waals surface area contributed by atoms with E-state index in [-0.39, 0.29) is 0 Å². The fourth-order valence-corrected chi connectivity index (χ4v) is 3.93. The molecule has 0 saturated carbocycles. The fraction of sp³-hybridized carbons (Fsp3) is 0.125. The summed E-state index contributed by atoms with van der Waals surface area (Å²) >= 11 is 8.77. The van der Waals surface area contributed by atoms with Gasteiger partial charge in [0, 0.05) is 11.4 Å². The minimum Gasteiger partial charge on any atom is -0.383 e. The van der Waals surface area contributed by atoms with Gasteiger partial charge in [0.15, 0.2) is 0 Å². The van der Waals surface area contributed by atoms with Crippen molar-refractivity contribution in [1.82, 2.24) is 19.9 Å². The summed E-state index contributed by atoms with van der Waals surface area (Å²) in [6.45, 7) is 3.78. The molecule has 0 bridgehead atoms. The molecule has 3 aromatic rings. The smallest absolute Gasteiger partial charge is 0.148 e. The number of pyridine rings is 2. The molecule has 9 heteroatoms. The van der Waals surface area contributed by atoms with E-state index in [0.29, 0.717) is 26.8 Å². The normalized spacial score (nSPS) is 10.8. The molecule has 0 aliphatic rings. The predicted octanol–water partition coefficient (Wildman–Crippen LogP) is 4.00. The highest BCUT2D eigenvalue weighted by Gasteiger charge is 2.14. The second kappa shape index (κ2) is 7.47. The van der Waals surface area contributed by atoms with Crippen LogP contribution in [0.25, 0.3) is 0 Å². The van der Waals surface area contributed by atoms with Crippen LogP contribution in [0.5, 0.6) is 0 Å². The number of hydrogen-bond donors (Lipinski definition) is 2. The van der Waals surface area contributed by atoms with Crippen LogP contribution in [0.1, 0.15) is 11.4 Å². The lowest BCUT2D eigenvalue weighted by atomic mass is 10.4. The van der Waals surface area contributed by atoms with Crippen molar-refractivity contribution in [2.24, 2.45) is 0 Å². The van der Waals surface area contributed by atoms with Crippen LogP contribution in [0.15, 0.2) is 50.3 Å². The van der Waals surface area contributed by atoms with E-state index in [1.54, 1.807) is 0 Å². The van der Waals surface area contributed by atoms with Crippen molar-refractivity contribution in [3.8, 4) is 0 Å². The lowest BCUT2D eigenvalue weighted by Crippen LogP contribution is -1.98. The van der Waals surface area contributed by atoms with Crippen molar-refractivity contribution in [1.29, 1.82) is 0 Å². The maximum Gasteiger partial charge on any atom is 0.148 e. The molecule has 0 fully saturated rings. The van der Waals surface area contributed by atoms with Gasteiger partial charge in [0.2, 0.25) is 0 Å². The van der Waals surface area contributed by atoms with E-state index in [4.69, 9.17) is 23.1 Å². The largest absolute Gasteiger partial charge is 0.383 e. The molecule has 128 valence electrons. The molecule has 0 aliphatic carbocycles. The minimum atomic E-state index is 0.306. The molecule has 4 N–H and O–H groups in total. The number of nitrogens with two attached hydrogens (primary N) is 2. The predicted molar refractivity (Wildman–Crippen MR) is 102 cm³/mol. The van der Waals surface area contributed by atoms with Crippen molar-refractivity contribution in [3.05, 3.63) is 47.0 Å². The van der Waals surface area contributed by atoms with Gasteiger partial charge >= 0.3 is 0 Å². The van der Waals surface area contributed by atoms with Gasteiger partial charge in [-0.3, -0.25) is 0 Å². The van der Waals surface area contributed by atoms with Gasteiger partial charge in [-0.25, -0.2) is 19.9 Å². The second-order valence-corrected chi connectivity index (χ2v) is 7.63. The van der Waals surface area contributed by atoms with E-state index >= 15 is 0 Å². The molecule has 0 aromatic carbocycles. The van der Waals surface area contributed by atoms with Gasteiger partial charge in [-0.2, -0.15) is 0 Å². The van der Waals surface area contributed by atoms with Gasteiger partial charge < -0.3 is 11.5 Å². The summed E-state index contributed by atoms with van der Waals surface area (Å²) in [5, 5.41) is 1.61. The first kappa shape index (κ1) is 17.8. The number of rotatable bonds is 4. The third kappa shape index (κ3) is 4.33. The van der Waals surface area contributed by atoms with E-state index in [1.807, 2.05) is 38.1 Å². The van der Waals surface area contributed by atoms with Crippen molar-refractivity contribution in [2.45, 2.75) is 33.7 Å². The molecular formula is C16H15ClN6S2. The van der Waals surface area contributed by atoms with Crippen molar-refractivity contribution < 1.29 is 0 Å². The van der Waals surface area contributed by atoms with Gasteiger partial charge in [0.05, 0.1) is 16.0 Å². The molecule has 6 nitrogen and oxygen atoms in total. The zero-order valence-electron chi connectivity index (χ0n) is 13.5. The Labute approximate surface area is 158 Å². The molecule has 0 radical (unpaired) electrons. The third-order valence-electron chi connectivity index (χ3n) is 3.14. The van der Waals surface area contributed by atoms with Gasteiger partial charge in [-0.15, -0.1) is 0 Å². The molecule has 25 heavy (non-hydrogen) atoms. The standard InChI is InChI=1S/C16H15ClN6S2/c1-8-3-5-10(13(18)21-8)24-15-16(23-12(17)7-20-15)25-11-6-4-9(2)22-14(11)19/h3-7H,1-2H3,(H2,18,21)(H2,19,22). The summed E-state index contributed by atoms with van der Waals surface area (Å²) in [7, 11) is 0. The topological polar surface area (TPSA) is 104 Å². The average molecular weight is 391 g/mol. The van der Waals surface area contributed by atoms with Crippen LogP contribution < -0.4 is 11.5 Å². The molecule has 0 atom stereocenters. The van der Waals surface area contributed by atoms with Crippen LogP contribution in [0.4, 0.5) is 11.6 Å². The van der Waals surface area contributed by atoms with Crippen LogP contribution in [-0.2, 0) is 0 Å². The zero-order valence-corrected chi connectivity index (χ0v) is 15.9. The highest BCUT2D eigenvalue weighted by Crippen LogP contribution is 2.39. The first-order valence-corrected chi connectivity index (χ1v) is 9.28. The lowest BCUT2D eigenvalue weighted by molar-refractivity contribution is 0.919. The molecule has 0 unspecified atom stereocenters. The van der Waals surface area contributed by atoms with E-state index in [2.05, 4.69) is 19.9 Å².